The van der Waals surface area contributed by atoms with Crippen molar-refractivity contribution in [2.75, 3.05) is 19.6 Å². The van der Waals surface area contributed by atoms with Crippen LogP contribution in [0.3, 0.4) is 0 Å². The normalized spacial score (nSPS) is 21.5. The van der Waals surface area contributed by atoms with Crippen molar-refractivity contribution in [3.63, 3.8) is 0 Å². The number of benzene rings is 1. The highest BCUT2D eigenvalue weighted by atomic mass is 19.4. The molecule has 1 saturated carbocycles. The molecule has 2 N–H and O–H groups in total. The molecule has 2 amide bonds. The van der Waals surface area contributed by atoms with E-state index >= 15 is 0 Å². The topological polar surface area (TPSA) is 96.3 Å². The number of nitrogens with one attached hydrogen (secondary N) is 2. The van der Waals surface area contributed by atoms with Crippen molar-refractivity contribution in [2.45, 2.75) is 50.0 Å². The maximum absolute atomic E-state index is 12.8. The van der Waals surface area contributed by atoms with Gasteiger partial charge in [-0.3, -0.25) is 19.1 Å². The first kappa shape index (κ1) is 23.9. The summed E-state index contributed by atoms with van der Waals surface area (Å²) in [6.07, 6.45) is 2.44. The number of alkyl halides is 3. The third kappa shape index (κ3) is 5.64. The van der Waals surface area contributed by atoms with Crippen LogP contribution in [0.25, 0.3) is 0 Å². The molecule has 1 aromatic carbocycles. The van der Waals surface area contributed by atoms with Gasteiger partial charge >= 0.3 is 11.9 Å². The molecular weight excluding hydrogens is 451 g/mol. The van der Waals surface area contributed by atoms with Crippen molar-refractivity contribution < 1.29 is 22.8 Å². The van der Waals surface area contributed by atoms with Gasteiger partial charge in [0, 0.05) is 43.1 Å². The molecule has 2 heterocycles. The van der Waals surface area contributed by atoms with Crippen LogP contribution in [0.1, 0.15) is 47.6 Å². The fourth-order valence-electron chi connectivity index (χ4n) is 4.63. The van der Waals surface area contributed by atoms with Gasteiger partial charge in [-0.2, -0.15) is 13.2 Å². The monoisotopic (exact) mass is 477 g/mol. The van der Waals surface area contributed by atoms with E-state index in [4.69, 9.17) is 0 Å². The average molecular weight is 477 g/mol. The first-order chi connectivity index (χ1) is 16.2. The molecule has 0 radical (unpaired) electrons. The van der Waals surface area contributed by atoms with Gasteiger partial charge in [0.1, 0.15) is 0 Å². The number of carbonyl (C=O) groups is 2. The zero-order valence-corrected chi connectivity index (χ0v) is 18.4. The minimum absolute atomic E-state index is 0.0309. The van der Waals surface area contributed by atoms with Crippen LogP contribution in [-0.4, -0.2) is 58.0 Å². The van der Waals surface area contributed by atoms with Gasteiger partial charge < -0.3 is 10.6 Å². The summed E-state index contributed by atoms with van der Waals surface area (Å²) in [7, 11) is 0. The van der Waals surface area contributed by atoms with E-state index in [-0.39, 0.29) is 35.8 Å². The molecular formula is C23H26F3N5O3. The van der Waals surface area contributed by atoms with Crippen LogP contribution in [0, 0.1) is 0 Å². The van der Waals surface area contributed by atoms with Crippen molar-refractivity contribution in [1.82, 2.24) is 25.1 Å². The maximum Gasteiger partial charge on any atom is 0.416 e. The van der Waals surface area contributed by atoms with Gasteiger partial charge in [0.15, 0.2) is 0 Å². The molecule has 2 aromatic rings. The SMILES string of the molecule is O=C(CNC(=O)c1cccc(C(F)(F)F)c1)NC1CN([C@H]2CC[C@@H](n3cccnc3=O)CC2)C1. The molecule has 34 heavy (non-hydrogen) atoms. The molecule has 0 unspecified atom stereocenters. The van der Waals surface area contributed by atoms with Gasteiger partial charge in [0.05, 0.1) is 18.2 Å². The van der Waals surface area contributed by atoms with E-state index in [1.165, 1.54) is 12.3 Å². The van der Waals surface area contributed by atoms with Crippen LogP contribution in [0.4, 0.5) is 13.2 Å². The zero-order valence-electron chi connectivity index (χ0n) is 18.4. The van der Waals surface area contributed by atoms with Crippen LogP contribution in [0.5, 0.6) is 0 Å². The minimum Gasteiger partial charge on any atom is -0.349 e. The Bertz CT molecular complexity index is 1090. The van der Waals surface area contributed by atoms with Crippen LogP contribution in [-0.2, 0) is 11.0 Å². The molecule has 1 aromatic heterocycles. The fourth-order valence-corrected chi connectivity index (χ4v) is 4.63. The number of likely N-dealkylation sites (tertiary alicyclic amines) is 1. The Morgan fingerprint density at radius 3 is 2.44 bits per heavy atom. The molecule has 8 nitrogen and oxygen atoms in total. The van der Waals surface area contributed by atoms with Crippen molar-refractivity contribution in [2.24, 2.45) is 0 Å². The first-order valence-electron chi connectivity index (χ1n) is 11.2. The van der Waals surface area contributed by atoms with Crippen molar-refractivity contribution in [3.8, 4) is 0 Å². The quantitative estimate of drug-likeness (QED) is 0.664. The highest BCUT2D eigenvalue weighted by Crippen LogP contribution is 2.32. The molecule has 182 valence electrons. The largest absolute Gasteiger partial charge is 0.416 e. The zero-order chi connectivity index (χ0) is 24.3. The summed E-state index contributed by atoms with van der Waals surface area (Å²) in [5.74, 6) is -1.12. The maximum atomic E-state index is 12.8. The Kier molecular flexibility index (Phi) is 7.01. The number of rotatable bonds is 6. The van der Waals surface area contributed by atoms with Gasteiger partial charge in [0.25, 0.3) is 5.91 Å². The molecule has 11 heteroatoms. The predicted molar refractivity (Wildman–Crippen MR) is 117 cm³/mol. The van der Waals surface area contributed by atoms with Crippen molar-refractivity contribution in [3.05, 3.63) is 64.3 Å². The third-order valence-corrected chi connectivity index (χ3v) is 6.45. The minimum atomic E-state index is -4.54. The van der Waals surface area contributed by atoms with Crippen molar-refractivity contribution >= 4 is 11.8 Å². The lowest BCUT2D eigenvalue weighted by Gasteiger charge is -2.46. The van der Waals surface area contributed by atoms with Gasteiger partial charge in [-0.25, -0.2) is 9.78 Å². The van der Waals surface area contributed by atoms with E-state index in [9.17, 15) is 27.6 Å². The van der Waals surface area contributed by atoms with E-state index in [2.05, 4.69) is 20.5 Å². The van der Waals surface area contributed by atoms with Gasteiger partial charge in [0.2, 0.25) is 5.91 Å². The molecule has 2 fully saturated rings. The summed E-state index contributed by atoms with van der Waals surface area (Å²) in [6.45, 7) is 1.10. The summed E-state index contributed by atoms with van der Waals surface area (Å²) >= 11 is 0. The second-order valence-electron chi connectivity index (χ2n) is 8.75. The number of carbonyl (C=O) groups excluding carboxylic acids is 2. The predicted octanol–water partition coefficient (Wildman–Crippen LogP) is 1.98. The lowest BCUT2D eigenvalue weighted by atomic mass is 9.88. The molecule has 4 rings (SSSR count). The van der Waals surface area contributed by atoms with Crippen LogP contribution in [0.15, 0.2) is 47.5 Å². The number of hydrogen-bond donors (Lipinski definition) is 2. The van der Waals surface area contributed by atoms with E-state index in [1.807, 2.05) is 0 Å². The third-order valence-electron chi connectivity index (χ3n) is 6.45. The number of hydrogen-bond acceptors (Lipinski definition) is 5. The second kappa shape index (κ2) is 9.96. The van der Waals surface area contributed by atoms with E-state index in [0.717, 1.165) is 43.9 Å². The van der Waals surface area contributed by atoms with E-state index in [1.54, 1.807) is 16.8 Å². The number of halogens is 3. The number of aromatic nitrogens is 2. The summed E-state index contributed by atoms with van der Waals surface area (Å²) in [4.78, 5) is 42.3. The second-order valence-corrected chi connectivity index (χ2v) is 8.75. The molecule has 2 aliphatic rings. The van der Waals surface area contributed by atoms with Gasteiger partial charge in [-0.05, 0) is 49.9 Å². The number of amides is 2. The fraction of sp³-hybridized carbons (Fsp3) is 0.478. The first-order valence-corrected chi connectivity index (χ1v) is 11.2. The highest BCUT2D eigenvalue weighted by molar-refractivity contribution is 5.96. The summed E-state index contributed by atoms with van der Waals surface area (Å²) < 4.78 is 40.1. The highest BCUT2D eigenvalue weighted by Gasteiger charge is 2.35. The van der Waals surface area contributed by atoms with Gasteiger partial charge in [-0.15, -0.1) is 0 Å². The Morgan fingerprint density at radius 1 is 1.06 bits per heavy atom. The van der Waals surface area contributed by atoms with Crippen molar-refractivity contribution in [1.29, 1.82) is 0 Å². The number of nitrogens with zero attached hydrogens (tertiary/aromatic N) is 3. The Hall–Kier alpha value is -3.21. The van der Waals surface area contributed by atoms with E-state index in [0.29, 0.717) is 19.1 Å². The average Bonchev–Trinajstić information content (AvgIpc) is 2.79. The Morgan fingerprint density at radius 2 is 1.76 bits per heavy atom. The van der Waals surface area contributed by atoms with Crippen LogP contribution >= 0.6 is 0 Å². The molecule has 1 aliphatic heterocycles. The summed E-state index contributed by atoms with van der Waals surface area (Å²) in [5, 5.41) is 5.21. The summed E-state index contributed by atoms with van der Waals surface area (Å²) in [5.41, 5.74) is -1.29. The standard InChI is InChI=1S/C23H26F3N5O3/c24-23(25,26)16-4-1-3-15(11-16)21(33)28-12-20(32)29-17-13-30(14-17)18-5-7-19(8-6-18)31-10-2-9-27-22(31)34/h1-4,9-11,17-19H,5-8,12-14H2,(H,28,33)(H,29,32)/t18-,19+. The lowest BCUT2D eigenvalue weighted by Crippen LogP contribution is -2.63. The smallest absolute Gasteiger partial charge is 0.349 e. The molecule has 0 spiro atoms. The van der Waals surface area contributed by atoms with Crippen LogP contribution in [0.2, 0.25) is 0 Å². The lowest BCUT2D eigenvalue weighted by molar-refractivity contribution is -0.137. The summed E-state index contributed by atoms with van der Waals surface area (Å²) in [6, 6.07) is 6.37. The molecule has 1 aliphatic carbocycles. The molecule has 1 saturated heterocycles. The Labute approximate surface area is 194 Å². The Balaban J connectivity index is 1.17. The van der Waals surface area contributed by atoms with E-state index < -0.39 is 17.6 Å². The molecule has 0 bridgehead atoms. The van der Waals surface area contributed by atoms with Gasteiger partial charge in [-0.1, -0.05) is 6.07 Å². The van der Waals surface area contributed by atoms with Crippen LogP contribution < -0.4 is 16.3 Å². The molecule has 0 atom stereocenters.